The zero-order chi connectivity index (χ0) is 10.1. The van der Waals surface area contributed by atoms with Gasteiger partial charge in [0.2, 0.25) is 0 Å². The van der Waals surface area contributed by atoms with Crippen molar-refractivity contribution in [2.24, 2.45) is 5.84 Å². The molecule has 80 valence electrons. The molecule has 0 spiro atoms. The number of rotatable bonds is 8. The van der Waals surface area contributed by atoms with E-state index in [2.05, 4.69) is 26.2 Å². The molecule has 0 aromatic heterocycles. The lowest BCUT2D eigenvalue weighted by molar-refractivity contribution is 0.117. The number of hydrazine groups is 1. The number of thioether (sulfide) groups is 1. The molecule has 0 aromatic carbocycles. The summed E-state index contributed by atoms with van der Waals surface area (Å²) in [4.78, 5) is 0. The number of ether oxygens (including phenoxy) is 1. The standard InChI is InChI=1S/C9H22N2OS/c1-4-5-12-6-9(11-10)7-13-8(2)3/h8-9,11H,4-7,10H2,1-3H3. The fraction of sp³-hybridized carbons (Fsp3) is 1.00. The predicted octanol–water partition coefficient (Wildman–Crippen LogP) is 1.39. The van der Waals surface area contributed by atoms with Crippen molar-refractivity contribution in [2.45, 2.75) is 38.5 Å². The Hall–Kier alpha value is 0.230. The highest BCUT2D eigenvalue weighted by Gasteiger charge is 2.07. The minimum Gasteiger partial charge on any atom is -0.380 e. The first-order valence-corrected chi connectivity index (χ1v) is 5.91. The highest BCUT2D eigenvalue weighted by atomic mass is 32.2. The van der Waals surface area contributed by atoms with Gasteiger partial charge in [0, 0.05) is 12.4 Å². The van der Waals surface area contributed by atoms with Crippen molar-refractivity contribution in [3.05, 3.63) is 0 Å². The molecule has 1 unspecified atom stereocenters. The van der Waals surface area contributed by atoms with Crippen LogP contribution >= 0.6 is 11.8 Å². The highest BCUT2D eigenvalue weighted by molar-refractivity contribution is 7.99. The smallest absolute Gasteiger partial charge is 0.0641 e. The lowest BCUT2D eigenvalue weighted by atomic mass is 10.4. The number of nitrogens with two attached hydrogens (primary N) is 1. The second-order valence-electron chi connectivity index (χ2n) is 3.32. The van der Waals surface area contributed by atoms with Gasteiger partial charge < -0.3 is 4.74 Å². The maximum atomic E-state index is 5.41. The van der Waals surface area contributed by atoms with Crippen LogP contribution in [0, 0.1) is 0 Å². The maximum absolute atomic E-state index is 5.41. The van der Waals surface area contributed by atoms with Crippen LogP contribution in [0.2, 0.25) is 0 Å². The van der Waals surface area contributed by atoms with Crippen LogP contribution in [-0.2, 0) is 4.74 Å². The summed E-state index contributed by atoms with van der Waals surface area (Å²) in [6.07, 6.45) is 1.06. The van der Waals surface area contributed by atoms with Crippen LogP contribution in [0.25, 0.3) is 0 Å². The molecule has 3 nitrogen and oxygen atoms in total. The topological polar surface area (TPSA) is 47.3 Å². The van der Waals surface area contributed by atoms with E-state index in [9.17, 15) is 0 Å². The average Bonchev–Trinajstić information content (AvgIpc) is 2.10. The van der Waals surface area contributed by atoms with Crippen molar-refractivity contribution in [2.75, 3.05) is 19.0 Å². The van der Waals surface area contributed by atoms with Gasteiger partial charge in [-0.2, -0.15) is 11.8 Å². The van der Waals surface area contributed by atoms with Gasteiger partial charge in [-0.25, -0.2) is 0 Å². The van der Waals surface area contributed by atoms with E-state index < -0.39 is 0 Å². The minimum absolute atomic E-state index is 0.277. The van der Waals surface area contributed by atoms with Crippen LogP contribution in [0.5, 0.6) is 0 Å². The monoisotopic (exact) mass is 206 g/mol. The fourth-order valence-corrected chi connectivity index (χ4v) is 1.63. The van der Waals surface area contributed by atoms with Gasteiger partial charge in [-0.15, -0.1) is 0 Å². The van der Waals surface area contributed by atoms with Crippen molar-refractivity contribution in [3.8, 4) is 0 Å². The van der Waals surface area contributed by atoms with Crippen molar-refractivity contribution < 1.29 is 4.74 Å². The molecule has 0 heterocycles. The Kier molecular flexibility index (Phi) is 8.97. The lowest BCUT2D eigenvalue weighted by Gasteiger charge is -2.16. The minimum atomic E-state index is 0.277. The molecule has 0 aromatic rings. The SMILES string of the molecule is CCCOCC(CSC(C)C)NN. The van der Waals surface area contributed by atoms with Crippen LogP contribution in [0.4, 0.5) is 0 Å². The van der Waals surface area contributed by atoms with E-state index in [-0.39, 0.29) is 6.04 Å². The van der Waals surface area contributed by atoms with E-state index in [1.165, 1.54) is 0 Å². The van der Waals surface area contributed by atoms with Crippen molar-refractivity contribution in [3.63, 3.8) is 0 Å². The summed E-state index contributed by atoms with van der Waals surface area (Å²) in [5, 5.41) is 0.655. The van der Waals surface area contributed by atoms with Crippen LogP contribution in [0.3, 0.4) is 0 Å². The van der Waals surface area contributed by atoms with E-state index in [4.69, 9.17) is 10.6 Å². The quantitative estimate of drug-likeness (QED) is 0.358. The van der Waals surface area contributed by atoms with Crippen LogP contribution in [-0.4, -0.2) is 30.3 Å². The Balaban J connectivity index is 3.39. The second kappa shape index (κ2) is 8.81. The molecule has 0 aliphatic heterocycles. The van der Waals surface area contributed by atoms with Crippen LogP contribution < -0.4 is 11.3 Å². The van der Waals surface area contributed by atoms with Gasteiger partial charge in [-0.1, -0.05) is 20.8 Å². The first kappa shape index (κ1) is 13.2. The van der Waals surface area contributed by atoms with Gasteiger partial charge >= 0.3 is 0 Å². The zero-order valence-corrected chi connectivity index (χ0v) is 9.69. The molecule has 0 fully saturated rings. The van der Waals surface area contributed by atoms with E-state index in [0.717, 1.165) is 18.8 Å². The third kappa shape index (κ3) is 8.56. The highest BCUT2D eigenvalue weighted by Crippen LogP contribution is 2.10. The third-order valence-electron chi connectivity index (χ3n) is 1.53. The Morgan fingerprint density at radius 1 is 1.46 bits per heavy atom. The van der Waals surface area contributed by atoms with E-state index in [0.29, 0.717) is 11.9 Å². The summed E-state index contributed by atoms with van der Waals surface area (Å²) in [7, 11) is 0. The first-order valence-electron chi connectivity index (χ1n) is 4.86. The normalized spacial score (nSPS) is 13.6. The molecule has 0 aliphatic carbocycles. The van der Waals surface area contributed by atoms with Gasteiger partial charge in [0.1, 0.15) is 0 Å². The second-order valence-corrected chi connectivity index (χ2v) is 4.93. The fourth-order valence-electron chi connectivity index (χ4n) is 0.823. The summed E-state index contributed by atoms with van der Waals surface area (Å²) < 4.78 is 5.41. The van der Waals surface area contributed by atoms with Gasteiger partial charge in [-0.05, 0) is 11.7 Å². The molecule has 3 N–H and O–H groups in total. The van der Waals surface area contributed by atoms with Gasteiger partial charge in [-0.3, -0.25) is 11.3 Å². The van der Waals surface area contributed by atoms with Crippen molar-refractivity contribution >= 4 is 11.8 Å². The molecular formula is C9H22N2OS. The summed E-state index contributed by atoms with van der Waals surface area (Å²) in [5.74, 6) is 6.41. The molecule has 0 radical (unpaired) electrons. The molecule has 13 heavy (non-hydrogen) atoms. The molecule has 0 aliphatic rings. The molecule has 0 amide bonds. The number of hydrogen-bond donors (Lipinski definition) is 2. The number of hydrogen-bond acceptors (Lipinski definition) is 4. The molecule has 1 atom stereocenters. The number of nitrogens with one attached hydrogen (secondary N) is 1. The zero-order valence-electron chi connectivity index (χ0n) is 8.88. The predicted molar refractivity (Wildman–Crippen MR) is 59.8 cm³/mol. The van der Waals surface area contributed by atoms with Crippen molar-refractivity contribution in [1.29, 1.82) is 0 Å². The Morgan fingerprint density at radius 3 is 2.62 bits per heavy atom. The maximum Gasteiger partial charge on any atom is 0.0641 e. The largest absolute Gasteiger partial charge is 0.380 e. The van der Waals surface area contributed by atoms with Gasteiger partial charge in [0.25, 0.3) is 0 Å². The molecule has 0 rings (SSSR count). The Labute approximate surface area is 85.8 Å². The first-order chi connectivity index (χ1) is 6.20. The molecule has 0 bridgehead atoms. The van der Waals surface area contributed by atoms with Crippen LogP contribution in [0.1, 0.15) is 27.2 Å². The van der Waals surface area contributed by atoms with E-state index in [1.54, 1.807) is 0 Å². The van der Waals surface area contributed by atoms with Crippen LogP contribution in [0.15, 0.2) is 0 Å². The summed E-state index contributed by atoms with van der Waals surface area (Å²) in [6.45, 7) is 8.01. The Bertz CT molecular complexity index is 112. The average molecular weight is 206 g/mol. The van der Waals surface area contributed by atoms with E-state index >= 15 is 0 Å². The molecule has 4 heteroatoms. The molecule has 0 saturated heterocycles. The summed E-state index contributed by atoms with van der Waals surface area (Å²) >= 11 is 1.90. The lowest BCUT2D eigenvalue weighted by Crippen LogP contribution is -2.40. The van der Waals surface area contributed by atoms with Gasteiger partial charge in [0.15, 0.2) is 0 Å². The van der Waals surface area contributed by atoms with Crippen molar-refractivity contribution in [1.82, 2.24) is 5.43 Å². The van der Waals surface area contributed by atoms with Gasteiger partial charge in [0.05, 0.1) is 12.6 Å². The molecular weight excluding hydrogens is 184 g/mol. The molecule has 0 saturated carbocycles. The van der Waals surface area contributed by atoms with E-state index in [1.807, 2.05) is 11.8 Å². The Morgan fingerprint density at radius 2 is 2.15 bits per heavy atom. The third-order valence-corrected chi connectivity index (χ3v) is 2.80. The summed E-state index contributed by atoms with van der Waals surface area (Å²) in [5.41, 5.74) is 2.77. The summed E-state index contributed by atoms with van der Waals surface area (Å²) in [6, 6.07) is 0.277.